The molecule has 0 aromatic carbocycles. The van der Waals surface area contributed by atoms with Crippen LogP contribution in [0.25, 0.3) is 11.2 Å². The molecule has 2 aliphatic rings. The molecule has 2 saturated carbocycles. The number of aliphatic hydroxyl groups is 1. The Kier molecular flexibility index (Phi) is 5.45. The first-order valence-corrected chi connectivity index (χ1v) is 13.2. The van der Waals surface area contributed by atoms with E-state index < -0.39 is 59.2 Å². The van der Waals surface area contributed by atoms with Crippen molar-refractivity contribution in [3.05, 3.63) is 12.7 Å². The first-order chi connectivity index (χ1) is 14.6. The number of imidazole rings is 1. The predicted octanol–water partition coefficient (Wildman–Crippen LogP) is 0.0102. The Bertz CT molecular complexity index is 1220. The van der Waals surface area contributed by atoms with Crippen LogP contribution in [0.1, 0.15) is 13.0 Å². The molecule has 2 heterocycles. The molecule has 3 unspecified atom stereocenters. The van der Waals surface area contributed by atoms with Crippen molar-refractivity contribution >= 4 is 40.4 Å². The van der Waals surface area contributed by atoms with Gasteiger partial charge in [-0.25, -0.2) is 33.0 Å². The Morgan fingerprint density at radius 3 is 2.34 bits per heavy atom. The van der Waals surface area contributed by atoms with Gasteiger partial charge in [-0.3, -0.25) is 4.52 Å². The number of nitrogens with zero attached hydrogens (tertiary/aromatic N) is 4. The summed E-state index contributed by atoms with van der Waals surface area (Å²) in [6, 6.07) is -1.02. The van der Waals surface area contributed by atoms with Crippen molar-refractivity contribution in [3.63, 3.8) is 0 Å². The van der Waals surface area contributed by atoms with Crippen molar-refractivity contribution in [2.45, 2.75) is 30.8 Å². The van der Waals surface area contributed by atoms with Crippen molar-refractivity contribution in [1.29, 1.82) is 0 Å². The number of rotatable bonds is 7. The van der Waals surface area contributed by atoms with Gasteiger partial charge in [0.25, 0.3) is 0 Å². The van der Waals surface area contributed by atoms with E-state index in [1.807, 2.05) is 0 Å². The number of phosphoric ester groups is 1. The quantitative estimate of drug-likeness (QED) is 0.264. The van der Waals surface area contributed by atoms with Gasteiger partial charge in [-0.2, -0.15) is 8.62 Å². The monoisotopic (exact) mass is 519 g/mol. The highest BCUT2D eigenvalue weighted by Crippen LogP contribution is 2.72. The highest BCUT2D eigenvalue weighted by atomic mass is 31.3. The van der Waals surface area contributed by atoms with E-state index in [0.717, 1.165) is 6.33 Å². The number of halogens is 1. The number of fused-ring (bicyclic) bond motifs is 2. The van der Waals surface area contributed by atoms with Crippen LogP contribution >= 0.6 is 23.5 Å². The minimum Gasteiger partial charge on any atom is -0.384 e. The molecule has 0 spiro atoms. The van der Waals surface area contributed by atoms with Gasteiger partial charge in [-0.05, 0) is 5.92 Å². The van der Waals surface area contributed by atoms with E-state index in [4.69, 9.17) is 15.5 Å². The third-order valence-electron chi connectivity index (χ3n) is 5.42. The maximum absolute atomic E-state index is 15.3. The fourth-order valence-electron chi connectivity index (χ4n) is 4.25. The van der Waals surface area contributed by atoms with Crippen LogP contribution < -0.4 is 5.73 Å². The normalized spacial score (nSPS) is 35.9. The van der Waals surface area contributed by atoms with Crippen LogP contribution in [0.15, 0.2) is 12.7 Å². The summed E-state index contributed by atoms with van der Waals surface area (Å²) in [6.45, 7) is 1.52. The number of nitrogens with two attached hydrogens (primary N) is 1. The van der Waals surface area contributed by atoms with Gasteiger partial charge in [-0.15, -0.1) is 0 Å². The minimum absolute atomic E-state index is 0.0595. The Labute approximate surface area is 177 Å². The van der Waals surface area contributed by atoms with Crippen LogP contribution in [0.5, 0.6) is 0 Å². The zero-order valence-electron chi connectivity index (χ0n) is 15.8. The Hall–Kier alpha value is -1.35. The lowest BCUT2D eigenvalue weighted by molar-refractivity contribution is 0.00130. The number of alkyl halides is 1. The van der Waals surface area contributed by atoms with Crippen LogP contribution in [0.4, 0.5) is 10.2 Å². The fraction of sp³-hybridized carbons (Fsp3) is 0.583. The summed E-state index contributed by atoms with van der Waals surface area (Å²) in [5.41, 5.74) is 3.85. The third-order valence-corrected chi connectivity index (χ3v) is 9.25. The standard InChI is InChI=1S/C12H17FN5O11P3/c1-4-5-9(27-31(23,24)29-32(25,26)28-30(20,21)22)12(5,19)8(13)7(4)18-3-17-6-10(14)15-2-16-11(6)18/h2-5,7-9,19H,1H3,(H,23,24)(H,25,26)(H2,14,15,16)(H2,20,21,22)/t4-,5-,7-,8+,9?,12-/m1/s1. The summed E-state index contributed by atoms with van der Waals surface area (Å²) in [4.78, 5) is 47.8. The van der Waals surface area contributed by atoms with Crippen molar-refractivity contribution in [1.82, 2.24) is 19.5 Å². The lowest BCUT2D eigenvalue weighted by Crippen LogP contribution is -2.35. The maximum atomic E-state index is 15.3. The molecule has 0 aliphatic heterocycles. The lowest BCUT2D eigenvalue weighted by atomic mass is 9.98. The number of aromatic nitrogens is 4. The second kappa shape index (κ2) is 7.32. The number of anilines is 1. The van der Waals surface area contributed by atoms with Crippen molar-refractivity contribution in [3.8, 4) is 0 Å². The Morgan fingerprint density at radius 2 is 1.78 bits per heavy atom. The second-order valence-electron chi connectivity index (χ2n) is 7.36. The van der Waals surface area contributed by atoms with E-state index in [-0.39, 0.29) is 17.0 Å². The van der Waals surface area contributed by atoms with E-state index in [1.165, 1.54) is 17.8 Å². The van der Waals surface area contributed by atoms with Gasteiger partial charge in [-0.1, -0.05) is 6.92 Å². The molecule has 0 saturated heterocycles. The molecule has 2 fully saturated rings. The molecule has 4 rings (SSSR count). The fourth-order valence-corrected chi connectivity index (χ4v) is 7.50. The zero-order valence-corrected chi connectivity index (χ0v) is 18.5. The Morgan fingerprint density at radius 1 is 1.12 bits per heavy atom. The van der Waals surface area contributed by atoms with E-state index >= 15 is 4.39 Å². The van der Waals surface area contributed by atoms with Gasteiger partial charge in [0.2, 0.25) is 0 Å². The molecule has 32 heavy (non-hydrogen) atoms. The number of nitrogen functional groups attached to an aromatic ring is 1. The van der Waals surface area contributed by atoms with Crippen molar-refractivity contribution in [2.75, 3.05) is 5.73 Å². The molecule has 0 bridgehead atoms. The average molecular weight is 519 g/mol. The summed E-state index contributed by atoms with van der Waals surface area (Å²) in [7, 11) is -16.8. The molecular weight excluding hydrogens is 502 g/mol. The highest BCUT2D eigenvalue weighted by Gasteiger charge is 2.80. The molecule has 20 heteroatoms. The van der Waals surface area contributed by atoms with Crippen LogP contribution in [0.2, 0.25) is 0 Å². The summed E-state index contributed by atoms with van der Waals surface area (Å²) in [5.74, 6) is -1.71. The van der Waals surface area contributed by atoms with Gasteiger partial charge >= 0.3 is 23.5 Å². The van der Waals surface area contributed by atoms with Crippen LogP contribution in [0, 0.1) is 11.8 Å². The topological polar surface area (TPSA) is 250 Å². The molecule has 0 radical (unpaired) electrons. The molecule has 7 N–H and O–H groups in total. The maximum Gasteiger partial charge on any atom is 0.490 e. The van der Waals surface area contributed by atoms with Gasteiger partial charge in [0.05, 0.1) is 12.4 Å². The summed E-state index contributed by atoms with van der Waals surface area (Å²) < 4.78 is 62.8. The number of phosphoric acid groups is 3. The molecule has 16 nitrogen and oxygen atoms in total. The van der Waals surface area contributed by atoms with Crippen molar-refractivity contribution < 1.29 is 55.9 Å². The van der Waals surface area contributed by atoms with E-state index in [0.29, 0.717) is 0 Å². The number of hydrogen-bond donors (Lipinski definition) is 6. The third kappa shape index (κ3) is 3.93. The zero-order chi connectivity index (χ0) is 23.9. The predicted molar refractivity (Wildman–Crippen MR) is 100 cm³/mol. The van der Waals surface area contributed by atoms with Crippen LogP contribution in [-0.2, 0) is 26.8 Å². The average Bonchev–Trinajstić information content (AvgIpc) is 2.90. The largest absolute Gasteiger partial charge is 0.490 e. The number of hydrogen-bond acceptors (Lipinski definition) is 11. The molecule has 8 atom stereocenters. The smallest absolute Gasteiger partial charge is 0.384 e. The van der Waals surface area contributed by atoms with Gasteiger partial charge in [0, 0.05) is 5.92 Å². The summed E-state index contributed by atoms with van der Waals surface area (Å²) in [6.07, 6.45) is -1.29. The minimum atomic E-state index is -5.75. The highest BCUT2D eigenvalue weighted by molar-refractivity contribution is 7.66. The molecule has 2 aromatic rings. The van der Waals surface area contributed by atoms with Gasteiger partial charge < -0.3 is 35.0 Å². The molecule has 2 aromatic heterocycles. The molecule has 178 valence electrons. The first-order valence-electron chi connectivity index (χ1n) is 8.69. The Balaban J connectivity index is 1.53. The summed E-state index contributed by atoms with van der Waals surface area (Å²) in [5, 5.41) is 10.7. The van der Waals surface area contributed by atoms with E-state index in [1.54, 1.807) is 0 Å². The SMILES string of the molecule is C[C@H]1[C@@H](n2cnc3c(N)ncnc32)[C@H](F)[C@@]2(O)C(OP(=O)(O)OP(=O)(O)OP(=O)(O)O)[C@@H]12. The van der Waals surface area contributed by atoms with Crippen LogP contribution in [0.3, 0.4) is 0 Å². The van der Waals surface area contributed by atoms with Gasteiger partial charge in [0.1, 0.15) is 23.5 Å². The van der Waals surface area contributed by atoms with Crippen LogP contribution in [-0.4, -0.2) is 62.1 Å². The summed E-state index contributed by atoms with van der Waals surface area (Å²) >= 11 is 0. The molecular formula is C12H17FN5O11P3. The van der Waals surface area contributed by atoms with Crippen molar-refractivity contribution in [2.24, 2.45) is 11.8 Å². The van der Waals surface area contributed by atoms with E-state index in [2.05, 4.69) is 28.1 Å². The first kappa shape index (κ1) is 23.8. The molecule has 2 aliphatic carbocycles. The van der Waals surface area contributed by atoms with Gasteiger partial charge in [0.15, 0.2) is 17.6 Å². The second-order valence-corrected chi connectivity index (χ2v) is 11.7. The molecule has 0 amide bonds. The lowest BCUT2D eigenvalue weighted by Gasteiger charge is -2.27. The van der Waals surface area contributed by atoms with E-state index in [9.17, 15) is 28.6 Å².